The number of aryl methyl sites for hydroxylation is 2. The van der Waals surface area contributed by atoms with E-state index in [2.05, 4.69) is 0 Å². The van der Waals surface area contributed by atoms with Crippen LogP contribution in [0.15, 0.2) is 77.7 Å². The number of hydrogen-bond donors (Lipinski definition) is 3. The van der Waals surface area contributed by atoms with Crippen LogP contribution < -0.4 is 10.3 Å². The van der Waals surface area contributed by atoms with Gasteiger partial charge in [0.2, 0.25) is 20.0 Å². The fourth-order valence-electron chi connectivity index (χ4n) is 4.73. The Balaban J connectivity index is 2.33. The number of benzene rings is 3. The monoisotopic (exact) mass is 484 g/mol. The van der Waals surface area contributed by atoms with E-state index < -0.39 is 35.8 Å². The number of primary sulfonamides is 2. The normalized spacial score (nSPS) is 21.1. The van der Waals surface area contributed by atoms with Crippen LogP contribution in [0.3, 0.4) is 0 Å². The Kier molecular flexibility index (Phi) is 5.58. The molecule has 33 heavy (non-hydrogen) atoms. The van der Waals surface area contributed by atoms with Gasteiger partial charge in [-0.3, -0.25) is 0 Å². The van der Waals surface area contributed by atoms with Crippen molar-refractivity contribution >= 4 is 25.6 Å². The smallest absolute Gasteiger partial charge is 0.238 e. The fraction of sp³-hybridized carbons (Fsp3) is 0.167. The van der Waals surface area contributed by atoms with Crippen molar-refractivity contribution in [1.82, 2.24) is 0 Å². The second-order valence-corrected chi connectivity index (χ2v) is 11.3. The highest BCUT2D eigenvalue weighted by Gasteiger charge is 2.53. The van der Waals surface area contributed by atoms with Crippen molar-refractivity contribution in [2.75, 3.05) is 0 Å². The Morgan fingerprint density at radius 2 is 1.27 bits per heavy atom. The van der Waals surface area contributed by atoms with Crippen molar-refractivity contribution in [2.45, 2.75) is 24.7 Å². The van der Waals surface area contributed by atoms with Crippen LogP contribution in [0.25, 0.3) is 5.57 Å². The van der Waals surface area contributed by atoms with Gasteiger partial charge < -0.3 is 5.11 Å². The Hall–Kier alpha value is -2.82. The molecule has 0 spiro atoms. The van der Waals surface area contributed by atoms with E-state index in [-0.39, 0.29) is 22.3 Å². The zero-order valence-electron chi connectivity index (χ0n) is 18.1. The summed E-state index contributed by atoms with van der Waals surface area (Å²) < 4.78 is 52.3. The Morgan fingerprint density at radius 1 is 0.758 bits per heavy atom. The van der Waals surface area contributed by atoms with Gasteiger partial charge in [-0.1, -0.05) is 72.8 Å². The molecule has 0 bridgehead atoms. The lowest BCUT2D eigenvalue weighted by molar-refractivity contribution is 0.126. The summed E-state index contributed by atoms with van der Waals surface area (Å²) in [6.45, 7) is 3.45. The summed E-state index contributed by atoms with van der Waals surface area (Å²) in [4.78, 5) is -0.601. The van der Waals surface area contributed by atoms with Crippen LogP contribution in [0.1, 0.15) is 38.6 Å². The standard InChI is InChI=1S/C24H24N2O5S2/c1-15-9-3-5-11-17(15)21-22(32(25,28)29)18-12-6-8-14-20(18)24(27,23(21)33(26,30)31)19-13-7-4-10-16(19)2/h3-14,22,27H,1-2H3,(H2,25,28,29)(H2,26,30,31). The molecule has 4 rings (SSSR count). The molecule has 0 radical (unpaired) electrons. The van der Waals surface area contributed by atoms with Gasteiger partial charge in [0, 0.05) is 5.57 Å². The summed E-state index contributed by atoms with van der Waals surface area (Å²) in [6.07, 6.45) is 0. The first-order valence-electron chi connectivity index (χ1n) is 10.1. The van der Waals surface area contributed by atoms with E-state index in [1.807, 2.05) is 0 Å². The molecule has 5 N–H and O–H groups in total. The summed E-state index contributed by atoms with van der Waals surface area (Å²) in [5.41, 5.74) is -0.294. The maximum absolute atomic E-state index is 13.2. The number of nitrogens with two attached hydrogens (primary N) is 2. The summed E-state index contributed by atoms with van der Waals surface area (Å²) in [6, 6.07) is 19.7. The molecule has 7 nitrogen and oxygen atoms in total. The third kappa shape index (κ3) is 3.71. The lowest BCUT2D eigenvalue weighted by atomic mass is 9.73. The predicted molar refractivity (Wildman–Crippen MR) is 128 cm³/mol. The highest BCUT2D eigenvalue weighted by atomic mass is 32.2. The number of hydrogen-bond acceptors (Lipinski definition) is 5. The molecule has 2 unspecified atom stereocenters. The van der Waals surface area contributed by atoms with E-state index in [4.69, 9.17) is 10.3 Å². The molecule has 0 aliphatic heterocycles. The topological polar surface area (TPSA) is 141 Å². The first kappa shape index (κ1) is 23.3. The molecule has 9 heteroatoms. The van der Waals surface area contributed by atoms with Gasteiger partial charge in [0.05, 0.1) is 0 Å². The average molecular weight is 485 g/mol. The molecule has 0 aromatic heterocycles. The molecular formula is C24H24N2O5S2. The average Bonchev–Trinajstić information content (AvgIpc) is 2.72. The van der Waals surface area contributed by atoms with Crippen LogP contribution in [0.5, 0.6) is 0 Å². The van der Waals surface area contributed by atoms with Gasteiger partial charge in [-0.05, 0) is 47.2 Å². The van der Waals surface area contributed by atoms with Crippen molar-refractivity contribution in [1.29, 1.82) is 0 Å². The van der Waals surface area contributed by atoms with Crippen LogP contribution in [0.2, 0.25) is 0 Å². The largest absolute Gasteiger partial charge is 0.375 e. The first-order valence-corrected chi connectivity index (χ1v) is 13.3. The van der Waals surface area contributed by atoms with Crippen LogP contribution in [0.4, 0.5) is 0 Å². The van der Waals surface area contributed by atoms with Crippen molar-refractivity contribution in [3.63, 3.8) is 0 Å². The molecule has 2 atom stereocenters. The predicted octanol–water partition coefficient (Wildman–Crippen LogP) is 2.58. The molecule has 0 fully saturated rings. The summed E-state index contributed by atoms with van der Waals surface area (Å²) in [5, 5.41) is 22.2. The second kappa shape index (κ2) is 7.89. The lowest BCUT2D eigenvalue weighted by Gasteiger charge is -2.41. The number of aliphatic hydroxyl groups is 1. The Labute approximate surface area is 193 Å². The maximum atomic E-state index is 13.2. The molecule has 1 aliphatic rings. The molecule has 172 valence electrons. The van der Waals surface area contributed by atoms with Crippen LogP contribution >= 0.6 is 0 Å². The SMILES string of the molecule is Cc1ccccc1C1=C(S(N)(=O)=O)C(O)(c2ccccc2C)c2ccccc2C1S(N)(=O)=O. The van der Waals surface area contributed by atoms with E-state index in [0.29, 0.717) is 16.7 Å². The highest BCUT2D eigenvalue weighted by molar-refractivity contribution is 7.93. The molecule has 0 heterocycles. The minimum absolute atomic E-state index is 0.0969. The molecule has 1 aliphatic carbocycles. The summed E-state index contributed by atoms with van der Waals surface area (Å²) in [5.74, 6) is 0. The van der Waals surface area contributed by atoms with Gasteiger partial charge in [-0.15, -0.1) is 0 Å². The molecule has 0 saturated heterocycles. The first-order chi connectivity index (χ1) is 15.4. The van der Waals surface area contributed by atoms with Crippen LogP contribution in [-0.2, 0) is 25.6 Å². The van der Waals surface area contributed by atoms with Crippen molar-refractivity contribution < 1.29 is 21.9 Å². The van der Waals surface area contributed by atoms with Gasteiger partial charge in [-0.2, -0.15) is 0 Å². The Morgan fingerprint density at radius 3 is 1.82 bits per heavy atom. The van der Waals surface area contributed by atoms with Gasteiger partial charge in [0.15, 0.2) is 5.60 Å². The number of fused-ring (bicyclic) bond motifs is 1. The summed E-state index contributed by atoms with van der Waals surface area (Å²) >= 11 is 0. The quantitative estimate of drug-likeness (QED) is 0.522. The Bertz CT molecular complexity index is 1510. The number of rotatable bonds is 4. The van der Waals surface area contributed by atoms with Gasteiger partial charge in [-0.25, -0.2) is 27.1 Å². The highest BCUT2D eigenvalue weighted by Crippen LogP contribution is 2.55. The van der Waals surface area contributed by atoms with E-state index in [0.717, 1.165) is 0 Å². The molecule has 0 amide bonds. The van der Waals surface area contributed by atoms with E-state index in [1.54, 1.807) is 74.5 Å². The van der Waals surface area contributed by atoms with E-state index in [1.165, 1.54) is 12.1 Å². The maximum Gasteiger partial charge on any atom is 0.238 e. The second-order valence-electron chi connectivity index (χ2n) is 8.18. The minimum Gasteiger partial charge on any atom is -0.375 e. The third-order valence-corrected chi connectivity index (χ3v) is 8.28. The van der Waals surface area contributed by atoms with Gasteiger partial charge >= 0.3 is 0 Å². The number of sulfonamides is 2. The fourth-order valence-corrected chi connectivity index (χ4v) is 7.11. The zero-order chi connectivity index (χ0) is 24.2. The minimum atomic E-state index is -4.64. The molecule has 3 aromatic rings. The van der Waals surface area contributed by atoms with Gasteiger partial charge in [0.25, 0.3) is 0 Å². The van der Waals surface area contributed by atoms with Crippen LogP contribution in [0, 0.1) is 13.8 Å². The van der Waals surface area contributed by atoms with E-state index in [9.17, 15) is 21.9 Å². The lowest BCUT2D eigenvalue weighted by Crippen LogP contribution is -2.43. The third-order valence-electron chi connectivity index (χ3n) is 6.05. The van der Waals surface area contributed by atoms with Crippen molar-refractivity contribution in [3.05, 3.63) is 111 Å². The van der Waals surface area contributed by atoms with Crippen molar-refractivity contribution in [2.24, 2.45) is 10.3 Å². The van der Waals surface area contributed by atoms with Gasteiger partial charge in [0.1, 0.15) is 10.2 Å². The van der Waals surface area contributed by atoms with Crippen LogP contribution in [-0.4, -0.2) is 21.9 Å². The van der Waals surface area contributed by atoms with Crippen molar-refractivity contribution in [3.8, 4) is 0 Å². The van der Waals surface area contributed by atoms with E-state index >= 15 is 0 Å². The molecule has 0 saturated carbocycles. The summed E-state index contributed by atoms with van der Waals surface area (Å²) in [7, 11) is -9.02. The zero-order valence-corrected chi connectivity index (χ0v) is 19.7. The molecule has 3 aromatic carbocycles. The molecular weight excluding hydrogens is 460 g/mol.